The Morgan fingerprint density at radius 3 is 2.94 bits per heavy atom. The molecule has 0 bridgehead atoms. The van der Waals surface area contributed by atoms with Crippen LogP contribution in [0, 0.1) is 0 Å². The van der Waals surface area contributed by atoms with Crippen molar-refractivity contribution < 1.29 is 4.79 Å². The van der Waals surface area contributed by atoms with Gasteiger partial charge in [0.2, 0.25) is 0 Å². The molecule has 16 heavy (non-hydrogen) atoms. The average molecular weight is 243 g/mol. The highest BCUT2D eigenvalue weighted by molar-refractivity contribution is 5.95. The highest BCUT2D eigenvalue weighted by Gasteiger charge is 2.21. The SMILES string of the molecule is Cl.N[C@H]1CCN(CC(=O)c2cnccn2)C1. The number of carbonyl (C=O) groups is 1. The van der Waals surface area contributed by atoms with Gasteiger partial charge in [-0.2, -0.15) is 0 Å². The van der Waals surface area contributed by atoms with E-state index in [0.717, 1.165) is 19.5 Å². The topological polar surface area (TPSA) is 72.1 Å². The highest BCUT2D eigenvalue weighted by atomic mass is 35.5. The van der Waals surface area contributed by atoms with Crippen molar-refractivity contribution in [3.63, 3.8) is 0 Å². The summed E-state index contributed by atoms with van der Waals surface area (Å²) in [6.45, 7) is 2.09. The van der Waals surface area contributed by atoms with E-state index < -0.39 is 0 Å². The molecule has 1 aliphatic heterocycles. The van der Waals surface area contributed by atoms with E-state index in [2.05, 4.69) is 14.9 Å². The lowest BCUT2D eigenvalue weighted by Crippen LogP contribution is -2.31. The highest BCUT2D eigenvalue weighted by Crippen LogP contribution is 2.07. The van der Waals surface area contributed by atoms with Crippen LogP contribution in [0.3, 0.4) is 0 Å². The summed E-state index contributed by atoms with van der Waals surface area (Å²) in [7, 11) is 0. The maximum Gasteiger partial charge on any atom is 0.196 e. The number of nitrogens with zero attached hydrogens (tertiary/aromatic N) is 3. The van der Waals surface area contributed by atoms with Crippen LogP contribution in [-0.2, 0) is 0 Å². The normalized spacial score (nSPS) is 20.4. The molecule has 2 rings (SSSR count). The van der Waals surface area contributed by atoms with E-state index in [4.69, 9.17) is 5.73 Å². The number of halogens is 1. The Kier molecular flexibility index (Phi) is 4.79. The number of Topliss-reactive ketones (excluding diaryl/α,β-unsaturated/α-hetero) is 1. The minimum atomic E-state index is 0. The minimum absolute atomic E-state index is 0. The first-order valence-corrected chi connectivity index (χ1v) is 5.03. The molecule has 6 heteroatoms. The largest absolute Gasteiger partial charge is 0.326 e. The van der Waals surface area contributed by atoms with Crippen molar-refractivity contribution in [1.82, 2.24) is 14.9 Å². The van der Waals surface area contributed by atoms with Crippen molar-refractivity contribution in [2.75, 3.05) is 19.6 Å². The van der Waals surface area contributed by atoms with Crippen LogP contribution in [0.4, 0.5) is 0 Å². The molecule has 1 aromatic heterocycles. The first kappa shape index (κ1) is 13.0. The molecule has 5 nitrogen and oxygen atoms in total. The Labute approximate surface area is 100 Å². The molecule has 1 aliphatic rings. The van der Waals surface area contributed by atoms with Gasteiger partial charge in [-0.3, -0.25) is 14.7 Å². The monoisotopic (exact) mass is 242 g/mol. The average Bonchev–Trinajstić information content (AvgIpc) is 2.65. The number of aromatic nitrogens is 2. The molecule has 1 atom stereocenters. The quantitative estimate of drug-likeness (QED) is 0.762. The van der Waals surface area contributed by atoms with Gasteiger partial charge in [-0.05, 0) is 6.42 Å². The Balaban J connectivity index is 0.00000128. The Hall–Kier alpha value is -1.04. The van der Waals surface area contributed by atoms with Crippen LogP contribution >= 0.6 is 12.4 Å². The van der Waals surface area contributed by atoms with Crippen molar-refractivity contribution in [2.45, 2.75) is 12.5 Å². The number of hydrogen-bond donors (Lipinski definition) is 1. The number of rotatable bonds is 3. The van der Waals surface area contributed by atoms with Gasteiger partial charge in [-0.1, -0.05) is 0 Å². The number of carbonyl (C=O) groups excluding carboxylic acids is 1. The van der Waals surface area contributed by atoms with E-state index in [9.17, 15) is 4.79 Å². The Morgan fingerprint density at radius 1 is 1.56 bits per heavy atom. The molecule has 0 aromatic carbocycles. The third-order valence-electron chi connectivity index (χ3n) is 2.52. The van der Waals surface area contributed by atoms with E-state index in [-0.39, 0.29) is 24.2 Å². The van der Waals surface area contributed by atoms with E-state index >= 15 is 0 Å². The zero-order valence-corrected chi connectivity index (χ0v) is 9.69. The summed E-state index contributed by atoms with van der Waals surface area (Å²) < 4.78 is 0. The standard InChI is InChI=1S/C10H14N4O.ClH/c11-8-1-4-14(6-8)7-10(15)9-5-12-2-3-13-9;/h2-3,5,8H,1,4,6-7,11H2;1H/t8-;/m0./s1. The molecule has 2 N–H and O–H groups in total. The third kappa shape index (κ3) is 3.23. The van der Waals surface area contributed by atoms with E-state index in [0.29, 0.717) is 12.2 Å². The zero-order valence-electron chi connectivity index (χ0n) is 8.87. The Bertz CT molecular complexity index is 346. The first-order valence-electron chi connectivity index (χ1n) is 5.03. The van der Waals surface area contributed by atoms with Gasteiger partial charge in [-0.25, -0.2) is 4.98 Å². The molecule has 0 radical (unpaired) electrons. The van der Waals surface area contributed by atoms with Gasteiger partial charge in [-0.15, -0.1) is 12.4 Å². The van der Waals surface area contributed by atoms with E-state index in [1.807, 2.05) is 0 Å². The second-order valence-electron chi connectivity index (χ2n) is 3.80. The number of ketones is 1. The minimum Gasteiger partial charge on any atom is -0.326 e. The lowest BCUT2D eigenvalue weighted by Gasteiger charge is -2.12. The van der Waals surface area contributed by atoms with Crippen molar-refractivity contribution in [1.29, 1.82) is 0 Å². The van der Waals surface area contributed by atoms with Crippen LogP contribution in [0.2, 0.25) is 0 Å². The van der Waals surface area contributed by atoms with Crippen LogP contribution < -0.4 is 5.73 Å². The van der Waals surface area contributed by atoms with E-state index in [1.54, 1.807) is 6.20 Å². The molecular formula is C10H15ClN4O. The molecular weight excluding hydrogens is 228 g/mol. The van der Waals surface area contributed by atoms with Gasteiger partial charge < -0.3 is 5.73 Å². The lowest BCUT2D eigenvalue weighted by atomic mass is 10.3. The zero-order chi connectivity index (χ0) is 10.7. The summed E-state index contributed by atoms with van der Waals surface area (Å²) in [6, 6.07) is 0.208. The first-order chi connectivity index (χ1) is 7.25. The maximum absolute atomic E-state index is 11.7. The van der Waals surface area contributed by atoms with Gasteiger partial charge in [0, 0.05) is 31.5 Å². The fraction of sp³-hybridized carbons (Fsp3) is 0.500. The van der Waals surface area contributed by atoms with Crippen molar-refractivity contribution in [3.05, 3.63) is 24.3 Å². The van der Waals surface area contributed by atoms with Gasteiger partial charge in [0.25, 0.3) is 0 Å². The lowest BCUT2D eigenvalue weighted by molar-refractivity contribution is 0.0939. The van der Waals surface area contributed by atoms with Crippen LogP contribution in [0.25, 0.3) is 0 Å². The van der Waals surface area contributed by atoms with Crippen LogP contribution in [0.5, 0.6) is 0 Å². The number of likely N-dealkylation sites (tertiary alicyclic amines) is 1. The van der Waals surface area contributed by atoms with Gasteiger partial charge >= 0.3 is 0 Å². The molecule has 0 saturated carbocycles. The van der Waals surface area contributed by atoms with Gasteiger partial charge in [0.05, 0.1) is 12.7 Å². The molecule has 0 amide bonds. The second-order valence-corrected chi connectivity index (χ2v) is 3.80. The molecule has 0 aliphatic carbocycles. The van der Waals surface area contributed by atoms with E-state index in [1.165, 1.54) is 12.4 Å². The summed E-state index contributed by atoms with van der Waals surface area (Å²) in [4.78, 5) is 21.6. The maximum atomic E-state index is 11.7. The van der Waals surface area contributed by atoms with Crippen LogP contribution in [-0.4, -0.2) is 46.3 Å². The molecule has 1 fully saturated rings. The summed E-state index contributed by atoms with van der Waals surface area (Å²) >= 11 is 0. The molecule has 2 heterocycles. The fourth-order valence-electron chi connectivity index (χ4n) is 1.73. The predicted molar refractivity (Wildman–Crippen MR) is 62.6 cm³/mol. The van der Waals surface area contributed by atoms with Crippen LogP contribution in [0.1, 0.15) is 16.9 Å². The van der Waals surface area contributed by atoms with Crippen molar-refractivity contribution in [3.8, 4) is 0 Å². The third-order valence-corrected chi connectivity index (χ3v) is 2.52. The molecule has 0 spiro atoms. The molecule has 1 aromatic rings. The van der Waals surface area contributed by atoms with Crippen LogP contribution in [0.15, 0.2) is 18.6 Å². The second kappa shape index (κ2) is 5.89. The molecule has 0 unspecified atom stereocenters. The smallest absolute Gasteiger partial charge is 0.196 e. The molecule has 1 saturated heterocycles. The molecule has 88 valence electrons. The number of hydrogen-bond acceptors (Lipinski definition) is 5. The number of nitrogens with two attached hydrogens (primary N) is 1. The van der Waals surface area contributed by atoms with Crippen molar-refractivity contribution >= 4 is 18.2 Å². The van der Waals surface area contributed by atoms with Gasteiger partial charge in [0.1, 0.15) is 5.69 Å². The summed E-state index contributed by atoms with van der Waals surface area (Å²) in [6.07, 6.45) is 5.55. The Morgan fingerprint density at radius 2 is 2.38 bits per heavy atom. The fourth-order valence-corrected chi connectivity index (χ4v) is 1.73. The summed E-state index contributed by atoms with van der Waals surface area (Å²) in [5.74, 6) is 0.0113. The van der Waals surface area contributed by atoms with Crippen molar-refractivity contribution in [2.24, 2.45) is 5.73 Å². The van der Waals surface area contributed by atoms with Gasteiger partial charge in [0.15, 0.2) is 5.78 Å². The summed E-state index contributed by atoms with van der Waals surface area (Å²) in [5, 5.41) is 0. The predicted octanol–water partition coefficient (Wildman–Crippen LogP) is 0.114. The summed E-state index contributed by atoms with van der Waals surface area (Å²) in [5.41, 5.74) is 6.19.